The minimum absolute atomic E-state index is 0.0563. The first-order valence-corrected chi connectivity index (χ1v) is 9.31. The highest BCUT2D eigenvalue weighted by Gasteiger charge is 2.21. The van der Waals surface area contributed by atoms with E-state index in [0.29, 0.717) is 21.8 Å². The molecule has 128 valence electrons. The molecule has 0 amide bonds. The standard InChI is InChI=1S/C18H16ClN3O2S/c1-10-21-17-16(13-4-2-3-5-15(13)25-17)18(24)22(10)20-9-11-8-12(19)6-7-14(11)23/h6-9,23H,2-5H2,1H3. The number of benzene rings is 1. The molecule has 0 unspecified atom stereocenters. The van der Waals surface area contributed by atoms with E-state index in [2.05, 4.69) is 10.1 Å². The third kappa shape index (κ3) is 2.85. The monoisotopic (exact) mass is 373 g/mol. The molecule has 0 aliphatic heterocycles. The van der Waals surface area contributed by atoms with Crippen molar-refractivity contribution in [3.63, 3.8) is 0 Å². The van der Waals surface area contributed by atoms with E-state index in [1.165, 1.54) is 28.3 Å². The molecule has 1 N–H and O–H groups in total. The Morgan fingerprint density at radius 3 is 3.00 bits per heavy atom. The summed E-state index contributed by atoms with van der Waals surface area (Å²) in [5.74, 6) is 0.578. The lowest BCUT2D eigenvalue weighted by atomic mass is 9.97. The van der Waals surface area contributed by atoms with Gasteiger partial charge in [0.05, 0.1) is 11.6 Å². The fourth-order valence-electron chi connectivity index (χ4n) is 3.18. The summed E-state index contributed by atoms with van der Waals surface area (Å²) < 4.78 is 1.30. The number of fused-ring (bicyclic) bond motifs is 3. The Bertz CT molecular complexity index is 1070. The first kappa shape index (κ1) is 16.3. The van der Waals surface area contributed by atoms with Crippen LogP contribution in [0.25, 0.3) is 10.2 Å². The molecule has 2 aromatic heterocycles. The number of aromatic hydroxyl groups is 1. The smallest absolute Gasteiger partial charge is 0.283 e. The molecule has 0 radical (unpaired) electrons. The average Bonchev–Trinajstić information content (AvgIpc) is 2.95. The zero-order chi connectivity index (χ0) is 17.6. The van der Waals surface area contributed by atoms with Crippen molar-refractivity contribution < 1.29 is 5.11 Å². The molecule has 1 aliphatic rings. The van der Waals surface area contributed by atoms with Gasteiger partial charge in [-0.2, -0.15) is 9.78 Å². The summed E-state index contributed by atoms with van der Waals surface area (Å²) in [5.41, 5.74) is 1.43. The topological polar surface area (TPSA) is 67.5 Å². The van der Waals surface area contributed by atoms with Gasteiger partial charge in [-0.1, -0.05) is 11.6 Å². The fourth-order valence-corrected chi connectivity index (χ4v) is 4.66. The van der Waals surface area contributed by atoms with Crippen LogP contribution in [0.2, 0.25) is 5.02 Å². The molecule has 4 rings (SSSR count). The van der Waals surface area contributed by atoms with Gasteiger partial charge in [0.15, 0.2) is 0 Å². The lowest BCUT2D eigenvalue weighted by Crippen LogP contribution is -2.21. The molecule has 0 atom stereocenters. The Morgan fingerprint density at radius 1 is 1.36 bits per heavy atom. The maximum atomic E-state index is 13.0. The van der Waals surface area contributed by atoms with Crippen LogP contribution in [-0.4, -0.2) is 21.0 Å². The second-order valence-electron chi connectivity index (χ2n) is 6.11. The number of aromatic nitrogens is 2. The predicted molar refractivity (Wildman–Crippen MR) is 101 cm³/mol. The predicted octanol–water partition coefficient (Wildman–Crippen LogP) is 3.89. The van der Waals surface area contributed by atoms with Crippen molar-refractivity contribution in [2.75, 3.05) is 0 Å². The van der Waals surface area contributed by atoms with Crippen molar-refractivity contribution in [3.05, 3.63) is 55.4 Å². The third-order valence-electron chi connectivity index (χ3n) is 4.43. The molecule has 0 fully saturated rings. The quantitative estimate of drug-likeness (QED) is 0.693. The van der Waals surface area contributed by atoms with Crippen LogP contribution in [0.3, 0.4) is 0 Å². The van der Waals surface area contributed by atoms with Gasteiger partial charge in [0.25, 0.3) is 5.56 Å². The first-order chi connectivity index (χ1) is 12.0. The second kappa shape index (κ2) is 6.28. The van der Waals surface area contributed by atoms with E-state index < -0.39 is 0 Å². The highest BCUT2D eigenvalue weighted by molar-refractivity contribution is 7.18. The van der Waals surface area contributed by atoms with Crippen molar-refractivity contribution in [1.29, 1.82) is 0 Å². The largest absolute Gasteiger partial charge is 0.507 e. The molecule has 0 saturated carbocycles. The summed E-state index contributed by atoms with van der Waals surface area (Å²) in [4.78, 5) is 19.6. The van der Waals surface area contributed by atoms with Crippen LogP contribution in [0.1, 0.15) is 34.7 Å². The van der Waals surface area contributed by atoms with Crippen LogP contribution in [0.4, 0.5) is 0 Å². The van der Waals surface area contributed by atoms with Crippen LogP contribution < -0.4 is 5.56 Å². The summed E-state index contributed by atoms with van der Waals surface area (Å²) >= 11 is 7.57. The normalized spacial score (nSPS) is 14.3. The van der Waals surface area contributed by atoms with Gasteiger partial charge < -0.3 is 5.11 Å². The number of phenols is 1. The second-order valence-corrected chi connectivity index (χ2v) is 7.63. The molecule has 1 aromatic carbocycles. The molecule has 0 bridgehead atoms. The van der Waals surface area contributed by atoms with Crippen LogP contribution >= 0.6 is 22.9 Å². The van der Waals surface area contributed by atoms with Crippen molar-refractivity contribution in [2.45, 2.75) is 32.6 Å². The molecule has 2 heterocycles. The lowest BCUT2D eigenvalue weighted by molar-refractivity contribution is 0.474. The van der Waals surface area contributed by atoms with Crippen LogP contribution in [0, 0.1) is 6.92 Å². The van der Waals surface area contributed by atoms with E-state index in [1.807, 2.05) is 0 Å². The minimum Gasteiger partial charge on any atom is -0.507 e. The molecule has 3 aromatic rings. The van der Waals surface area contributed by atoms with E-state index >= 15 is 0 Å². The number of hydrogen-bond donors (Lipinski definition) is 1. The van der Waals surface area contributed by atoms with Gasteiger partial charge in [-0.15, -0.1) is 11.3 Å². The number of nitrogens with zero attached hydrogens (tertiary/aromatic N) is 3. The number of thiophene rings is 1. The minimum atomic E-state index is -0.153. The van der Waals surface area contributed by atoms with Crippen molar-refractivity contribution in [2.24, 2.45) is 5.10 Å². The summed E-state index contributed by atoms with van der Waals surface area (Å²) in [6.07, 6.45) is 5.65. The van der Waals surface area contributed by atoms with Gasteiger partial charge in [0.2, 0.25) is 0 Å². The number of halogens is 1. The van der Waals surface area contributed by atoms with E-state index in [9.17, 15) is 9.90 Å². The summed E-state index contributed by atoms with van der Waals surface area (Å²) in [7, 11) is 0. The summed E-state index contributed by atoms with van der Waals surface area (Å²) in [6.45, 7) is 1.76. The van der Waals surface area contributed by atoms with E-state index in [0.717, 1.165) is 29.7 Å². The highest BCUT2D eigenvalue weighted by atomic mass is 35.5. The van der Waals surface area contributed by atoms with Gasteiger partial charge in [-0.25, -0.2) is 4.98 Å². The Balaban J connectivity index is 1.86. The van der Waals surface area contributed by atoms with Gasteiger partial charge in [0.1, 0.15) is 16.4 Å². The Kier molecular flexibility index (Phi) is 4.09. The maximum absolute atomic E-state index is 13.0. The molecule has 7 heteroatoms. The summed E-state index contributed by atoms with van der Waals surface area (Å²) in [5, 5.41) is 15.3. The Hall–Kier alpha value is -2.18. The number of aryl methyl sites for hydroxylation is 3. The zero-order valence-electron chi connectivity index (χ0n) is 13.6. The van der Waals surface area contributed by atoms with Crippen molar-refractivity contribution in [3.8, 4) is 5.75 Å². The number of phenolic OH excluding ortho intramolecular Hbond substituents is 1. The van der Waals surface area contributed by atoms with Crippen LogP contribution in [0.15, 0.2) is 28.1 Å². The van der Waals surface area contributed by atoms with Gasteiger partial charge in [-0.3, -0.25) is 4.79 Å². The van der Waals surface area contributed by atoms with Gasteiger partial charge in [-0.05, 0) is 56.4 Å². The number of hydrogen-bond acceptors (Lipinski definition) is 5. The fraction of sp³-hybridized carbons (Fsp3) is 0.278. The Morgan fingerprint density at radius 2 is 2.16 bits per heavy atom. The van der Waals surface area contributed by atoms with Crippen molar-refractivity contribution >= 4 is 39.4 Å². The van der Waals surface area contributed by atoms with E-state index in [1.54, 1.807) is 30.4 Å². The molecular formula is C18H16ClN3O2S. The maximum Gasteiger partial charge on any atom is 0.283 e. The van der Waals surface area contributed by atoms with E-state index in [-0.39, 0.29) is 11.3 Å². The molecule has 5 nitrogen and oxygen atoms in total. The van der Waals surface area contributed by atoms with Crippen LogP contribution in [-0.2, 0) is 12.8 Å². The molecular weight excluding hydrogens is 358 g/mol. The zero-order valence-corrected chi connectivity index (χ0v) is 15.2. The molecule has 25 heavy (non-hydrogen) atoms. The SMILES string of the molecule is Cc1nc2sc3c(c2c(=O)n1N=Cc1cc(Cl)ccc1O)CCCC3. The summed E-state index contributed by atoms with van der Waals surface area (Å²) in [6, 6.07) is 4.69. The van der Waals surface area contributed by atoms with Gasteiger partial charge in [0, 0.05) is 15.5 Å². The number of rotatable bonds is 2. The molecule has 1 aliphatic carbocycles. The molecule has 0 saturated heterocycles. The third-order valence-corrected chi connectivity index (χ3v) is 5.85. The lowest BCUT2D eigenvalue weighted by Gasteiger charge is -2.10. The van der Waals surface area contributed by atoms with Crippen molar-refractivity contribution in [1.82, 2.24) is 9.66 Å². The van der Waals surface area contributed by atoms with Gasteiger partial charge >= 0.3 is 0 Å². The van der Waals surface area contributed by atoms with E-state index in [4.69, 9.17) is 11.6 Å². The highest BCUT2D eigenvalue weighted by Crippen LogP contribution is 2.33. The molecule has 0 spiro atoms. The first-order valence-electron chi connectivity index (χ1n) is 8.11. The van der Waals surface area contributed by atoms with Crippen LogP contribution in [0.5, 0.6) is 5.75 Å². The Labute approximate surface area is 153 Å². The average molecular weight is 374 g/mol.